The van der Waals surface area contributed by atoms with Gasteiger partial charge in [-0.2, -0.15) is 0 Å². The van der Waals surface area contributed by atoms with E-state index in [0.29, 0.717) is 23.6 Å². The average molecular weight is 262 g/mol. The van der Waals surface area contributed by atoms with E-state index < -0.39 is 0 Å². The van der Waals surface area contributed by atoms with Crippen LogP contribution in [0, 0.1) is 0 Å². The molecule has 0 aliphatic carbocycles. The molecule has 102 valence electrons. The number of aromatic amines is 1. The molecule has 1 aromatic heterocycles. The fraction of sp³-hybridized carbons (Fsp3) is 0.357. The summed E-state index contributed by atoms with van der Waals surface area (Å²) in [6, 6.07) is 7.09. The number of imidazole rings is 1. The summed E-state index contributed by atoms with van der Waals surface area (Å²) in [5.41, 5.74) is 0.748. The van der Waals surface area contributed by atoms with Crippen LogP contribution in [0.4, 0.5) is 0 Å². The molecule has 19 heavy (non-hydrogen) atoms. The normalized spacial score (nSPS) is 10.6. The Bertz CT molecular complexity index is 613. The van der Waals surface area contributed by atoms with E-state index >= 15 is 0 Å². The molecule has 2 aromatic rings. The first-order valence-electron chi connectivity index (χ1n) is 6.35. The highest BCUT2D eigenvalue weighted by atomic mass is 16.5. The standard InChI is InChI=1S/C14H18N2O3/c1-3-4-7-10-13(17)16(14(18)15-10)11-8-5-6-9-12(11)19-2/h5-6,8-9,17H,3-4,7H2,1-2H3,(H,15,18). The third kappa shape index (κ3) is 2.50. The number of methoxy groups -OCH3 is 1. The van der Waals surface area contributed by atoms with Crippen LogP contribution in [-0.4, -0.2) is 21.8 Å². The largest absolute Gasteiger partial charge is 0.495 e. The molecule has 2 rings (SSSR count). The molecule has 0 radical (unpaired) electrons. The van der Waals surface area contributed by atoms with Gasteiger partial charge in [0.25, 0.3) is 0 Å². The molecule has 0 saturated carbocycles. The number of hydrogen-bond donors (Lipinski definition) is 2. The number of aromatic nitrogens is 2. The van der Waals surface area contributed by atoms with Crippen LogP contribution in [0.2, 0.25) is 0 Å². The predicted octanol–water partition coefficient (Wildman–Crippen LogP) is 2.22. The molecular formula is C14H18N2O3. The molecule has 0 aliphatic rings. The molecule has 0 spiro atoms. The third-order valence-corrected chi connectivity index (χ3v) is 3.05. The van der Waals surface area contributed by atoms with Gasteiger partial charge in [-0.1, -0.05) is 25.5 Å². The fourth-order valence-electron chi connectivity index (χ4n) is 2.04. The van der Waals surface area contributed by atoms with E-state index in [1.54, 1.807) is 18.2 Å². The molecule has 0 aliphatic heterocycles. The first-order chi connectivity index (χ1) is 9.19. The zero-order valence-electron chi connectivity index (χ0n) is 11.1. The van der Waals surface area contributed by atoms with Gasteiger partial charge in [0.1, 0.15) is 5.75 Å². The quantitative estimate of drug-likeness (QED) is 0.868. The molecule has 2 N–H and O–H groups in total. The van der Waals surface area contributed by atoms with Gasteiger partial charge in [0.05, 0.1) is 18.5 Å². The van der Waals surface area contributed by atoms with E-state index in [9.17, 15) is 9.90 Å². The van der Waals surface area contributed by atoms with E-state index in [0.717, 1.165) is 12.8 Å². The van der Waals surface area contributed by atoms with Gasteiger partial charge in [-0.3, -0.25) is 0 Å². The van der Waals surface area contributed by atoms with Gasteiger partial charge in [0.2, 0.25) is 5.88 Å². The molecule has 0 amide bonds. The van der Waals surface area contributed by atoms with Gasteiger partial charge in [-0.05, 0) is 25.0 Å². The maximum absolute atomic E-state index is 12.0. The maximum atomic E-state index is 12.0. The number of benzene rings is 1. The van der Waals surface area contributed by atoms with Gasteiger partial charge >= 0.3 is 5.69 Å². The minimum atomic E-state index is -0.354. The number of nitrogens with zero attached hydrogens (tertiary/aromatic N) is 1. The zero-order chi connectivity index (χ0) is 13.8. The molecule has 0 atom stereocenters. The van der Waals surface area contributed by atoms with Crippen LogP contribution in [0.15, 0.2) is 29.1 Å². The van der Waals surface area contributed by atoms with Crippen LogP contribution < -0.4 is 10.4 Å². The van der Waals surface area contributed by atoms with Crippen LogP contribution in [0.3, 0.4) is 0 Å². The van der Waals surface area contributed by atoms with Crippen molar-refractivity contribution >= 4 is 0 Å². The van der Waals surface area contributed by atoms with Crippen molar-refractivity contribution in [1.29, 1.82) is 0 Å². The number of para-hydroxylation sites is 2. The Morgan fingerprint density at radius 3 is 2.79 bits per heavy atom. The van der Waals surface area contributed by atoms with Gasteiger partial charge in [-0.25, -0.2) is 9.36 Å². The van der Waals surface area contributed by atoms with Gasteiger partial charge in [0.15, 0.2) is 0 Å². The number of H-pyrrole nitrogens is 1. The number of aryl methyl sites for hydroxylation is 1. The lowest BCUT2D eigenvalue weighted by molar-refractivity contribution is 0.403. The number of aromatic hydroxyl groups is 1. The molecular weight excluding hydrogens is 244 g/mol. The lowest BCUT2D eigenvalue weighted by atomic mass is 10.2. The van der Waals surface area contributed by atoms with Gasteiger partial charge < -0.3 is 14.8 Å². The number of rotatable bonds is 5. The van der Waals surface area contributed by atoms with Crippen LogP contribution in [0.1, 0.15) is 25.5 Å². The highest BCUT2D eigenvalue weighted by Crippen LogP contribution is 2.26. The van der Waals surface area contributed by atoms with Crippen molar-refractivity contribution < 1.29 is 9.84 Å². The second-order valence-electron chi connectivity index (χ2n) is 4.34. The second-order valence-corrected chi connectivity index (χ2v) is 4.34. The third-order valence-electron chi connectivity index (χ3n) is 3.05. The molecule has 5 nitrogen and oxygen atoms in total. The van der Waals surface area contributed by atoms with Crippen molar-refractivity contribution in [3.8, 4) is 17.3 Å². The van der Waals surface area contributed by atoms with E-state index in [1.807, 2.05) is 6.07 Å². The molecule has 0 unspecified atom stereocenters. The number of hydrogen-bond acceptors (Lipinski definition) is 3. The highest BCUT2D eigenvalue weighted by molar-refractivity contribution is 5.49. The molecule has 0 fully saturated rings. The summed E-state index contributed by atoms with van der Waals surface area (Å²) in [7, 11) is 1.53. The fourth-order valence-corrected chi connectivity index (χ4v) is 2.04. The van der Waals surface area contributed by atoms with Crippen LogP contribution in [-0.2, 0) is 6.42 Å². The summed E-state index contributed by atoms with van der Waals surface area (Å²) in [6.45, 7) is 2.06. The monoisotopic (exact) mass is 262 g/mol. The lowest BCUT2D eigenvalue weighted by Crippen LogP contribution is -2.15. The first kappa shape index (κ1) is 13.3. The first-order valence-corrected chi connectivity index (χ1v) is 6.35. The number of unbranched alkanes of at least 4 members (excludes halogenated alkanes) is 1. The summed E-state index contributed by atoms with van der Waals surface area (Å²) in [6.07, 6.45) is 2.57. The van der Waals surface area contributed by atoms with Crippen LogP contribution >= 0.6 is 0 Å². The molecule has 5 heteroatoms. The highest BCUT2D eigenvalue weighted by Gasteiger charge is 2.16. The van der Waals surface area contributed by atoms with E-state index in [2.05, 4.69) is 11.9 Å². The minimum absolute atomic E-state index is 0.0389. The Kier molecular flexibility index (Phi) is 3.94. The zero-order valence-corrected chi connectivity index (χ0v) is 11.1. The summed E-state index contributed by atoms with van der Waals surface area (Å²) in [5.74, 6) is 0.504. The van der Waals surface area contributed by atoms with Crippen LogP contribution in [0.25, 0.3) is 5.69 Å². The van der Waals surface area contributed by atoms with Crippen molar-refractivity contribution in [2.45, 2.75) is 26.2 Å². The Morgan fingerprint density at radius 1 is 1.37 bits per heavy atom. The lowest BCUT2D eigenvalue weighted by Gasteiger charge is -2.08. The maximum Gasteiger partial charge on any atom is 0.333 e. The Hall–Kier alpha value is -2.17. The van der Waals surface area contributed by atoms with E-state index in [4.69, 9.17) is 4.74 Å². The van der Waals surface area contributed by atoms with Gasteiger partial charge in [-0.15, -0.1) is 0 Å². The summed E-state index contributed by atoms with van der Waals surface area (Å²) in [4.78, 5) is 14.7. The van der Waals surface area contributed by atoms with Crippen LogP contribution in [0.5, 0.6) is 11.6 Å². The average Bonchev–Trinajstić information content (AvgIpc) is 2.71. The van der Waals surface area contributed by atoms with Crippen molar-refractivity contribution in [3.05, 3.63) is 40.4 Å². The van der Waals surface area contributed by atoms with Gasteiger partial charge in [0, 0.05) is 0 Å². The SMILES string of the molecule is CCCCc1[nH]c(=O)n(-c2ccccc2OC)c1O. The molecule has 0 saturated heterocycles. The Labute approximate surface area is 111 Å². The molecule has 0 bridgehead atoms. The summed E-state index contributed by atoms with van der Waals surface area (Å²) < 4.78 is 6.46. The minimum Gasteiger partial charge on any atom is -0.495 e. The smallest absolute Gasteiger partial charge is 0.333 e. The second kappa shape index (κ2) is 5.65. The Morgan fingerprint density at radius 2 is 2.11 bits per heavy atom. The van der Waals surface area contributed by atoms with Crippen molar-refractivity contribution in [3.63, 3.8) is 0 Å². The predicted molar refractivity (Wildman–Crippen MR) is 73.2 cm³/mol. The summed E-state index contributed by atoms with van der Waals surface area (Å²) >= 11 is 0. The van der Waals surface area contributed by atoms with E-state index in [1.165, 1.54) is 11.7 Å². The van der Waals surface area contributed by atoms with Crippen molar-refractivity contribution in [2.24, 2.45) is 0 Å². The topological polar surface area (TPSA) is 67.2 Å². The Balaban J connectivity index is 2.50. The number of nitrogens with one attached hydrogen (secondary N) is 1. The molecule has 1 aromatic carbocycles. The van der Waals surface area contributed by atoms with Crippen molar-refractivity contribution in [2.75, 3.05) is 7.11 Å². The number of ether oxygens (including phenoxy) is 1. The van der Waals surface area contributed by atoms with Crippen molar-refractivity contribution in [1.82, 2.24) is 9.55 Å². The van der Waals surface area contributed by atoms with E-state index in [-0.39, 0.29) is 11.6 Å². The summed E-state index contributed by atoms with van der Waals surface area (Å²) in [5, 5.41) is 10.2. The molecule has 1 heterocycles.